The van der Waals surface area contributed by atoms with Crippen molar-refractivity contribution < 1.29 is 19.6 Å². The number of nitrogens with zero attached hydrogens (tertiary/aromatic N) is 2. The van der Waals surface area contributed by atoms with Crippen molar-refractivity contribution in [2.45, 2.75) is 6.61 Å². The molecule has 7 nitrogen and oxygen atoms in total. The predicted octanol–water partition coefficient (Wildman–Crippen LogP) is 4.65. The molecule has 2 aromatic carbocycles. The Kier molecular flexibility index (Phi) is 5.15. The molecule has 9 heteroatoms. The summed E-state index contributed by atoms with van der Waals surface area (Å²) in [6, 6.07) is 11.0. The zero-order chi connectivity index (χ0) is 18.7. The van der Waals surface area contributed by atoms with Gasteiger partial charge in [0.15, 0.2) is 5.69 Å². The first-order valence-corrected chi connectivity index (χ1v) is 8.54. The molecule has 0 spiro atoms. The largest absolute Gasteiger partial charge is 0.488 e. The van der Waals surface area contributed by atoms with E-state index in [0.29, 0.717) is 21.3 Å². The Hall–Kier alpha value is -2.97. The van der Waals surface area contributed by atoms with Crippen LogP contribution in [-0.2, 0) is 6.61 Å². The summed E-state index contributed by atoms with van der Waals surface area (Å²) in [5.41, 5.74) is 1.29. The Morgan fingerprint density at radius 1 is 1.27 bits per heavy atom. The maximum absolute atomic E-state index is 11.0. The Morgan fingerprint density at radius 3 is 2.62 bits per heavy atom. The molecule has 1 heterocycles. The standard InChI is InChI=1S/C17H11ClN2O5S/c18-11-3-6-15(13(7-11)16-19-14(9-26-16)17(21)22)25-8-10-1-4-12(5-2-10)20(23)24/h1-7,9H,8H2,(H,21,22). The van der Waals surface area contributed by atoms with Gasteiger partial charge in [-0.3, -0.25) is 10.1 Å². The van der Waals surface area contributed by atoms with Crippen molar-refractivity contribution in [2.75, 3.05) is 0 Å². The van der Waals surface area contributed by atoms with Gasteiger partial charge >= 0.3 is 5.97 Å². The summed E-state index contributed by atoms with van der Waals surface area (Å²) in [5.74, 6) is -0.623. The van der Waals surface area contributed by atoms with Crippen LogP contribution >= 0.6 is 22.9 Å². The van der Waals surface area contributed by atoms with Gasteiger partial charge in [-0.2, -0.15) is 0 Å². The molecule has 1 aromatic heterocycles. The first-order chi connectivity index (χ1) is 12.4. The highest BCUT2D eigenvalue weighted by Crippen LogP contribution is 2.35. The van der Waals surface area contributed by atoms with Gasteiger partial charge in [-0.15, -0.1) is 11.3 Å². The quantitative estimate of drug-likeness (QED) is 0.485. The molecule has 3 aromatic rings. The second-order valence-electron chi connectivity index (χ2n) is 5.20. The summed E-state index contributed by atoms with van der Waals surface area (Å²) >= 11 is 7.22. The number of thiazole rings is 1. The Morgan fingerprint density at radius 2 is 2.00 bits per heavy atom. The number of aromatic carboxylic acids is 1. The number of carboxylic acid groups (broad SMARTS) is 1. The van der Waals surface area contributed by atoms with E-state index in [1.165, 1.54) is 28.8 Å². The van der Waals surface area contributed by atoms with Crippen molar-refractivity contribution in [3.8, 4) is 16.3 Å². The summed E-state index contributed by atoms with van der Waals surface area (Å²) < 4.78 is 5.79. The highest BCUT2D eigenvalue weighted by atomic mass is 35.5. The van der Waals surface area contributed by atoms with Gasteiger partial charge < -0.3 is 9.84 Å². The zero-order valence-electron chi connectivity index (χ0n) is 13.1. The average Bonchev–Trinajstić information content (AvgIpc) is 3.11. The maximum atomic E-state index is 11.0. The van der Waals surface area contributed by atoms with Gasteiger partial charge in [-0.1, -0.05) is 11.6 Å². The van der Waals surface area contributed by atoms with Crippen molar-refractivity contribution in [3.63, 3.8) is 0 Å². The molecule has 0 saturated heterocycles. The van der Waals surface area contributed by atoms with Crippen LogP contribution in [0.1, 0.15) is 16.1 Å². The third kappa shape index (κ3) is 3.98. The van der Waals surface area contributed by atoms with E-state index in [-0.39, 0.29) is 18.0 Å². The van der Waals surface area contributed by atoms with E-state index >= 15 is 0 Å². The van der Waals surface area contributed by atoms with Crippen LogP contribution in [0, 0.1) is 10.1 Å². The van der Waals surface area contributed by atoms with Gasteiger partial charge in [0.25, 0.3) is 5.69 Å². The molecule has 1 N–H and O–H groups in total. The normalized spacial score (nSPS) is 10.5. The fourth-order valence-corrected chi connectivity index (χ4v) is 3.15. The molecule has 0 fully saturated rings. The molecule has 0 unspecified atom stereocenters. The number of rotatable bonds is 6. The molecule has 0 aliphatic carbocycles. The second-order valence-corrected chi connectivity index (χ2v) is 6.49. The number of halogens is 1. The minimum Gasteiger partial charge on any atom is -0.488 e. The van der Waals surface area contributed by atoms with E-state index < -0.39 is 10.9 Å². The van der Waals surface area contributed by atoms with Crippen LogP contribution in [0.3, 0.4) is 0 Å². The SMILES string of the molecule is O=C(O)c1csc(-c2cc(Cl)ccc2OCc2ccc([N+](=O)[O-])cc2)n1. The minimum atomic E-state index is -1.11. The fourth-order valence-electron chi connectivity index (χ4n) is 2.17. The van der Waals surface area contributed by atoms with Crippen LogP contribution in [0.5, 0.6) is 5.75 Å². The van der Waals surface area contributed by atoms with Crippen molar-refractivity contribution in [3.05, 3.63) is 74.2 Å². The number of carbonyl (C=O) groups is 1. The molecule has 0 amide bonds. The van der Waals surface area contributed by atoms with E-state index in [0.717, 1.165) is 5.56 Å². The third-order valence-corrected chi connectivity index (χ3v) is 4.55. The van der Waals surface area contributed by atoms with E-state index in [1.54, 1.807) is 30.3 Å². The number of aromatic nitrogens is 1. The van der Waals surface area contributed by atoms with Gasteiger partial charge in [0.05, 0.1) is 10.5 Å². The Balaban J connectivity index is 1.83. The first kappa shape index (κ1) is 17.8. The zero-order valence-corrected chi connectivity index (χ0v) is 14.7. The number of ether oxygens (including phenoxy) is 1. The van der Waals surface area contributed by atoms with Gasteiger partial charge in [0.1, 0.15) is 17.4 Å². The van der Waals surface area contributed by atoms with Crippen molar-refractivity contribution in [1.29, 1.82) is 0 Å². The van der Waals surface area contributed by atoms with Gasteiger partial charge in [-0.25, -0.2) is 9.78 Å². The van der Waals surface area contributed by atoms with Crippen molar-refractivity contribution >= 4 is 34.6 Å². The highest BCUT2D eigenvalue weighted by molar-refractivity contribution is 7.13. The maximum Gasteiger partial charge on any atom is 0.355 e. The number of nitro groups is 1. The number of nitro benzene ring substituents is 1. The summed E-state index contributed by atoms with van der Waals surface area (Å²) in [6.07, 6.45) is 0. The Bertz CT molecular complexity index is 972. The van der Waals surface area contributed by atoms with Crippen LogP contribution in [0.2, 0.25) is 5.02 Å². The van der Waals surface area contributed by atoms with Gasteiger partial charge in [0.2, 0.25) is 0 Å². The van der Waals surface area contributed by atoms with Crippen molar-refractivity contribution in [1.82, 2.24) is 4.98 Å². The van der Waals surface area contributed by atoms with Gasteiger partial charge in [-0.05, 0) is 35.9 Å². The van der Waals surface area contributed by atoms with E-state index in [1.807, 2.05) is 0 Å². The molecule has 0 aliphatic heterocycles. The lowest BCUT2D eigenvalue weighted by Gasteiger charge is -2.10. The predicted molar refractivity (Wildman–Crippen MR) is 96.9 cm³/mol. The third-order valence-electron chi connectivity index (χ3n) is 3.44. The van der Waals surface area contributed by atoms with Crippen LogP contribution in [0.15, 0.2) is 47.8 Å². The molecule has 0 atom stereocenters. The van der Waals surface area contributed by atoms with Crippen LogP contribution < -0.4 is 4.74 Å². The monoisotopic (exact) mass is 390 g/mol. The van der Waals surface area contributed by atoms with E-state index in [9.17, 15) is 14.9 Å². The lowest BCUT2D eigenvalue weighted by molar-refractivity contribution is -0.384. The summed E-state index contributed by atoms with van der Waals surface area (Å²) in [6.45, 7) is 0.184. The lowest BCUT2D eigenvalue weighted by Crippen LogP contribution is -1.98. The first-order valence-electron chi connectivity index (χ1n) is 7.29. The highest BCUT2D eigenvalue weighted by Gasteiger charge is 2.15. The van der Waals surface area contributed by atoms with E-state index in [4.69, 9.17) is 21.4 Å². The minimum absolute atomic E-state index is 0.00455. The summed E-state index contributed by atoms with van der Waals surface area (Å²) in [4.78, 5) is 25.3. The number of hydrogen-bond donors (Lipinski definition) is 1. The molecular formula is C17H11ClN2O5S. The van der Waals surface area contributed by atoms with Crippen LogP contribution in [0.25, 0.3) is 10.6 Å². The molecule has 0 aliphatic rings. The lowest BCUT2D eigenvalue weighted by atomic mass is 10.2. The summed E-state index contributed by atoms with van der Waals surface area (Å²) in [5, 5.41) is 22.1. The average molecular weight is 391 g/mol. The smallest absolute Gasteiger partial charge is 0.355 e. The number of hydrogen-bond acceptors (Lipinski definition) is 6. The molecular weight excluding hydrogens is 380 g/mol. The number of carboxylic acids is 1. The summed E-state index contributed by atoms with van der Waals surface area (Å²) in [7, 11) is 0. The number of benzene rings is 2. The number of non-ortho nitro benzene ring substituents is 1. The van der Waals surface area contributed by atoms with Crippen LogP contribution in [0.4, 0.5) is 5.69 Å². The fraction of sp³-hybridized carbons (Fsp3) is 0.0588. The Labute approximate surface area is 156 Å². The molecule has 3 rings (SSSR count). The van der Waals surface area contributed by atoms with E-state index in [2.05, 4.69) is 4.98 Å². The molecule has 26 heavy (non-hydrogen) atoms. The molecule has 0 bridgehead atoms. The van der Waals surface area contributed by atoms with Crippen molar-refractivity contribution in [2.24, 2.45) is 0 Å². The molecule has 0 radical (unpaired) electrons. The topological polar surface area (TPSA) is 103 Å². The van der Waals surface area contributed by atoms with Gasteiger partial charge in [0, 0.05) is 22.5 Å². The molecule has 0 saturated carbocycles. The van der Waals surface area contributed by atoms with Crippen LogP contribution in [-0.4, -0.2) is 21.0 Å². The molecule has 132 valence electrons. The second kappa shape index (κ2) is 7.51.